The van der Waals surface area contributed by atoms with Gasteiger partial charge < -0.3 is 15.4 Å². The van der Waals surface area contributed by atoms with E-state index >= 15 is 0 Å². The van der Waals surface area contributed by atoms with Crippen LogP contribution in [0.25, 0.3) is 0 Å². The minimum absolute atomic E-state index is 0.316. The molecule has 0 radical (unpaired) electrons. The van der Waals surface area contributed by atoms with Crippen LogP contribution in [0.5, 0.6) is 11.5 Å². The zero-order chi connectivity index (χ0) is 13.5. The maximum Gasteiger partial charge on any atom is 0.127 e. The van der Waals surface area contributed by atoms with Crippen molar-refractivity contribution < 1.29 is 4.74 Å². The van der Waals surface area contributed by atoms with Gasteiger partial charge in [0.2, 0.25) is 0 Å². The van der Waals surface area contributed by atoms with Gasteiger partial charge in [0.15, 0.2) is 0 Å². The lowest BCUT2D eigenvalue weighted by Crippen LogP contribution is -2.27. The Kier molecular flexibility index (Phi) is 4.95. The van der Waals surface area contributed by atoms with E-state index in [2.05, 4.69) is 22.8 Å². The number of benzene rings is 2. The van der Waals surface area contributed by atoms with Crippen molar-refractivity contribution in [1.29, 1.82) is 0 Å². The fourth-order valence-corrected chi connectivity index (χ4v) is 1.98. The molecule has 1 atom stereocenters. The molecule has 2 aromatic rings. The first-order valence-corrected chi connectivity index (χ1v) is 6.48. The molecule has 0 saturated carbocycles. The van der Waals surface area contributed by atoms with Crippen LogP contribution in [0.4, 0.5) is 0 Å². The number of ether oxygens (including phenoxy) is 1. The molecule has 0 heterocycles. The van der Waals surface area contributed by atoms with Gasteiger partial charge in [-0.15, -0.1) is 0 Å². The van der Waals surface area contributed by atoms with E-state index in [0.29, 0.717) is 6.04 Å². The first kappa shape index (κ1) is 13.6. The van der Waals surface area contributed by atoms with Gasteiger partial charge >= 0.3 is 0 Å². The van der Waals surface area contributed by atoms with Crippen LogP contribution >= 0.6 is 0 Å². The van der Waals surface area contributed by atoms with Crippen LogP contribution in [-0.2, 0) is 0 Å². The van der Waals surface area contributed by atoms with Crippen molar-refractivity contribution in [3.8, 4) is 11.5 Å². The Labute approximate surface area is 114 Å². The Morgan fingerprint density at radius 2 is 1.53 bits per heavy atom. The summed E-state index contributed by atoms with van der Waals surface area (Å²) >= 11 is 0. The second-order valence-corrected chi connectivity index (χ2v) is 4.38. The summed E-state index contributed by atoms with van der Waals surface area (Å²) in [5.41, 5.74) is 1.25. The highest BCUT2D eigenvalue weighted by Crippen LogP contribution is 2.22. The molecule has 100 valence electrons. The molecule has 0 fully saturated rings. The Morgan fingerprint density at radius 3 is 2.11 bits per heavy atom. The van der Waals surface area contributed by atoms with Gasteiger partial charge in [0.05, 0.1) is 0 Å². The monoisotopic (exact) mass is 256 g/mol. The molecule has 0 saturated heterocycles. The standard InChI is InChI=1S/C16H20N2O/c1-17-12-16(18-2)13-8-10-15(11-9-13)19-14-6-4-3-5-7-14/h3-11,16-18H,12H2,1-2H3. The van der Waals surface area contributed by atoms with E-state index in [0.717, 1.165) is 18.0 Å². The molecular formula is C16H20N2O. The predicted octanol–water partition coefficient (Wildman–Crippen LogP) is 2.96. The van der Waals surface area contributed by atoms with E-state index < -0.39 is 0 Å². The topological polar surface area (TPSA) is 33.3 Å². The van der Waals surface area contributed by atoms with E-state index in [1.54, 1.807) is 0 Å². The highest BCUT2D eigenvalue weighted by Gasteiger charge is 2.07. The minimum Gasteiger partial charge on any atom is -0.457 e. The summed E-state index contributed by atoms with van der Waals surface area (Å²) in [7, 11) is 3.92. The number of likely N-dealkylation sites (N-methyl/N-ethyl adjacent to an activating group) is 2. The van der Waals surface area contributed by atoms with Crippen LogP contribution in [0.1, 0.15) is 11.6 Å². The third-order valence-electron chi connectivity index (χ3n) is 3.02. The lowest BCUT2D eigenvalue weighted by atomic mass is 10.1. The Morgan fingerprint density at radius 1 is 0.895 bits per heavy atom. The molecule has 2 rings (SSSR count). The zero-order valence-corrected chi connectivity index (χ0v) is 11.4. The number of para-hydroxylation sites is 1. The second-order valence-electron chi connectivity index (χ2n) is 4.38. The van der Waals surface area contributed by atoms with Gasteiger partial charge in [0, 0.05) is 12.6 Å². The Hall–Kier alpha value is -1.84. The summed E-state index contributed by atoms with van der Waals surface area (Å²) in [4.78, 5) is 0. The molecular weight excluding hydrogens is 236 g/mol. The number of rotatable bonds is 6. The van der Waals surface area contributed by atoms with E-state index in [9.17, 15) is 0 Å². The van der Waals surface area contributed by atoms with Crippen molar-refractivity contribution in [1.82, 2.24) is 10.6 Å². The molecule has 0 spiro atoms. The van der Waals surface area contributed by atoms with Gasteiger partial charge in [0.25, 0.3) is 0 Å². The first-order valence-electron chi connectivity index (χ1n) is 6.48. The SMILES string of the molecule is CNCC(NC)c1ccc(Oc2ccccc2)cc1. The lowest BCUT2D eigenvalue weighted by molar-refractivity contribution is 0.481. The summed E-state index contributed by atoms with van der Waals surface area (Å²) in [6.07, 6.45) is 0. The normalized spacial score (nSPS) is 12.1. The maximum absolute atomic E-state index is 5.77. The first-order chi connectivity index (χ1) is 9.33. The van der Waals surface area contributed by atoms with Gasteiger partial charge in [0.1, 0.15) is 11.5 Å². The Balaban J connectivity index is 2.06. The smallest absolute Gasteiger partial charge is 0.127 e. The lowest BCUT2D eigenvalue weighted by Gasteiger charge is -2.16. The predicted molar refractivity (Wildman–Crippen MR) is 78.7 cm³/mol. The summed E-state index contributed by atoms with van der Waals surface area (Å²) in [6.45, 7) is 0.898. The van der Waals surface area contributed by atoms with E-state index in [1.807, 2.05) is 56.6 Å². The van der Waals surface area contributed by atoms with Gasteiger partial charge in [-0.25, -0.2) is 0 Å². The average molecular weight is 256 g/mol. The molecule has 0 aliphatic rings. The van der Waals surface area contributed by atoms with Crippen molar-refractivity contribution in [3.05, 3.63) is 60.2 Å². The molecule has 0 aromatic heterocycles. The van der Waals surface area contributed by atoms with Crippen LogP contribution in [0.3, 0.4) is 0 Å². The second kappa shape index (κ2) is 6.92. The molecule has 2 N–H and O–H groups in total. The highest BCUT2D eigenvalue weighted by molar-refractivity contribution is 5.34. The van der Waals surface area contributed by atoms with Crippen molar-refractivity contribution in [2.75, 3.05) is 20.6 Å². The fraction of sp³-hybridized carbons (Fsp3) is 0.250. The number of hydrogen-bond donors (Lipinski definition) is 2. The van der Waals surface area contributed by atoms with E-state index in [-0.39, 0.29) is 0 Å². The number of nitrogens with one attached hydrogen (secondary N) is 2. The van der Waals surface area contributed by atoms with Crippen molar-refractivity contribution in [2.24, 2.45) is 0 Å². The third-order valence-corrected chi connectivity index (χ3v) is 3.02. The third kappa shape index (κ3) is 3.81. The Bertz CT molecular complexity index is 482. The van der Waals surface area contributed by atoms with Crippen LogP contribution in [0.15, 0.2) is 54.6 Å². The minimum atomic E-state index is 0.316. The molecule has 2 aromatic carbocycles. The summed E-state index contributed by atoms with van der Waals surface area (Å²) in [6, 6.07) is 18.3. The average Bonchev–Trinajstić information content (AvgIpc) is 2.47. The summed E-state index contributed by atoms with van der Waals surface area (Å²) < 4.78 is 5.77. The summed E-state index contributed by atoms with van der Waals surface area (Å²) in [5.74, 6) is 1.71. The molecule has 0 bridgehead atoms. The zero-order valence-electron chi connectivity index (χ0n) is 11.4. The molecule has 0 aliphatic carbocycles. The van der Waals surface area contributed by atoms with Gasteiger partial charge in [-0.3, -0.25) is 0 Å². The molecule has 0 aliphatic heterocycles. The highest BCUT2D eigenvalue weighted by atomic mass is 16.5. The van der Waals surface area contributed by atoms with Crippen LogP contribution < -0.4 is 15.4 Å². The molecule has 1 unspecified atom stereocenters. The van der Waals surface area contributed by atoms with Crippen LogP contribution in [0, 0.1) is 0 Å². The molecule has 3 nitrogen and oxygen atoms in total. The maximum atomic E-state index is 5.77. The van der Waals surface area contributed by atoms with Crippen molar-refractivity contribution >= 4 is 0 Å². The van der Waals surface area contributed by atoms with E-state index in [1.165, 1.54) is 5.56 Å². The van der Waals surface area contributed by atoms with Crippen LogP contribution in [0.2, 0.25) is 0 Å². The molecule has 0 amide bonds. The molecule has 3 heteroatoms. The van der Waals surface area contributed by atoms with Crippen LogP contribution in [-0.4, -0.2) is 20.6 Å². The number of hydrogen-bond acceptors (Lipinski definition) is 3. The molecule has 19 heavy (non-hydrogen) atoms. The van der Waals surface area contributed by atoms with Crippen molar-refractivity contribution in [2.45, 2.75) is 6.04 Å². The van der Waals surface area contributed by atoms with Gasteiger partial charge in [-0.05, 0) is 43.9 Å². The summed E-state index contributed by atoms with van der Waals surface area (Å²) in [5, 5.41) is 6.46. The van der Waals surface area contributed by atoms with Gasteiger partial charge in [-0.1, -0.05) is 30.3 Å². The van der Waals surface area contributed by atoms with Gasteiger partial charge in [-0.2, -0.15) is 0 Å². The fourth-order valence-electron chi connectivity index (χ4n) is 1.98. The van der Waals surface area contributed by atoms with E-state index in [4.69, 9.17) is 4.74 Å². The quantitative estimate of drug-likeness (QED) is 0.833. The van der Waals surface area contributed by atoms with Crippen molar-refractivity contribution in [3.63, 3.8) is 0 Å². The largest absolute Gasteiger partial charge is 0.457 e.